The fraction of sp³-hybridized carbons (Fsp3) is 0.458. The summed E-state index contributed by atoms with van der Waals surface area (Å²) in [7, 11) is 1.54. The fourth-order valence-electron chi connectivity index (χ4n) is 3.99. The normalized spacial score (nSPS) is 16.0. The number of aromatic nitrogens is 1. The number of rotatable bonds is 9. The summed E-state index contributed by atoms with van der Waals surface area (Å²) in [5.41, 5.74) is 3.39. The second-order valence-electron chi connectivity index (χ2n) is 8.98. The summed E-state index contributed by atoms with van der Waals surface area (Å²) in [4.78, 5) is 65.3. The molecule has 4 N–H and O–H groups in total. The molecule has 11 heteroatoms. The van der Waals surface area contributed by atoms with E-state index in [-0.39, 0.29) is 30.5 Å². The Hall–Kier alpha value is -3.89. The summed E-state index contributed by atoms with van der Waals surface area (Å²) in [5.74, 6) is -3.04. The van der Waals surface area contributed by atoms with Crippen molar-refractivity contribution in [3.8, 4) is 5.75 Å². The Morgan fingerprint density at radius 2 is 1.97 bits per heavy atom. The first-order valence-electron chi connectivity index (χ1n) is 11.5. The number of nitrogens with one attached hydrogen (secondary N) is 4. The number of Topliss-reactive ketones (excluding diaryl/α,β-unsaturated/α-hetero) is 1. The molecule has 0 unspecified atom stereocenters. The molecule has 1 aromatic heterocycles. The van der Waals surface area contributed by atoms with Gasteiger partial charge in [-0.3, -0.25) is 29.4 Å². The molecular formula is C24H31N5O6. The van der Waals surface area contributed by atoms with Crippen LogP contribution in [0.15, 0.2) is 24.3 Å². The number of fused-ring (bicyclic) bond motifs is 1. The lowest BCUT2D eigenvalue weighted by atomic mass is 10.0. The van der Waals surface area contributed by atoms with Gasteiger partial charge in [-0.1, -0.05) is 19.9 Å². The molecule has 35 heavy (non-hydrogen) atoms. The van der Waals surface area contributed by atoms with E-state index in [2.05, 4.69) is 21.0 Å². The van der Waals surface area contributed by atoms with Gasteiger partial charge in [0, 0.05) is 24.4 Å². The Labute approximate surface area is 202 Å². The van der Waals surface area contributed by atoms with E-state index in [1.165, 1.54) is 7.11 Å². The molecule has 0 spiro atoms. The largest absolute Gasteiger partial charge is 0.496 e. The Balaban J connectivity index is 1.78. The smallest absolute Gasteiger partial charge is 0.308 e. The van der Waals surface area contributed by atoms with Gasteiger partial charge >= 0.3 is 5.91 Å². The first-order chi connectivity index (χ1) is 16.6. The second kappa shape index (κ2) is 11.0. The maximum absolute atomic E-state index is 13.1. The van der Waals surface area contributed by atoms with Crippen LogP contribution in [0.25, 0.3) is 10.9 Å². The standard InChI is InChI=1S/C24H31N5O6/c1-13(2)10-18(27-22(32)19-11-16-17(26-19)6-5-7-20(16)35-4)23(33)28-29(24(34)14(3)30)12-15-8-9-25-21(15)31/h5-7,11,13,15,18,26H,8-10,12H2,1-4H3,(H,25,31)(H,27,32)(H,28,33)/t15-,18-/m0/s1. The minimum atomic E-state index is -0.990. The van der Waals surface area contributed by atoms with Gasteiger partial charge in [-0.25, -0.2) is 5.01 Å². The predicted octanol–water partition coefficient (Wildman–Crippen LogP) is 0.906. The van der Waals surface area contributed by atoms with Crippen LogP contribution in [0.5, 0.6) is 5.75 Å². The summed E-state index contributed by atoms with van der Waals surface area (Å²) >= 11 is 0. The van der Waals surface area contributed by atoms with Crippen LogP contribution in [-0.2, 0) is 19.2 Å². The van der Waals surface area contributed by atoms with Gasteiger partial charge < -0.3 is 20.4 Å². The van der Waals surface area contributed by atoms with Crippen molar-refractivity contribution in [1.29, 1.82) is 0 Å². The van der Waals surface area contributed by atoms with Crippen LogP contribution in [-0.4, -0.2) is 65.6 Å². The van der Waals surface area contributed by atoms with E-state index in [9.17, 15) is 24.0 Å². The van der Waals surface area contributed by atoms with E-state index in [0.29, 0.717) is 24.2 Å². The number of ketones is 1. The lowest BCUT2D eigenvalue weighted by Crippen LogP contribution is -2.57. The highest BCUT2D eigenvalue weighted by Gasteiger charge is 2.32. The van der Waals surface area contributed by atoms with Crippen molar-refractivity contribution < 1.29 is 28.7 Å². The molecule has 0 radical (unpaired) electrons. The number of hydrogen-bond acceptors (Lipinski definition) is 6. The van der Waals surface area contributed by atoms with E-state index in [0.717, 1.165) is 17.3 Å². The van der Waals surface area contributed by atoms with Gasteiger partial charge in [0.15, 0.2) is 0 Å². The molecule has 0 saturated carbocycles. The number of hydrazine groups is 1. The zero-order chi connectivity index (χ0) is 25.7. The second-order valence-corrected chi connectivity index (χ2v) is 8.98. The number of benzene rings is 1. The minimum absolute atomic E-state index is 0.0337. The Kier molecular flexibility index (Phi) is 8.10. The average molecular weight is 486 g/mol. The van der Waals surface area contributed by atoms with Gasteiger partial charge in [0.1, 0.15) is 17.5 Å². The lowest BCUT2D eigenvalue weighted by molar-refractivity contribution is -0.150. The number of ether oxygens (including phenoxy) is 1. The molecule has 1 fully saturated rings. The van der Waals surface area contributed by atoms with Crippen molar-refractivity contribution in [3.05, 3.63) is 30.0 Å². The maximum atomic E-state index is 13.1. The third kappa shape index (κ3) is 6.17. The third-order valence-corrected chi connectivity index (χ3v) is 5.77. The highest BCUT2D eigenvalue weighted by atomic mass is 16.5. The van der Waals surface area contributed by atoms with Crippen molar-refractivity contribution in [3.63, 3.8) is 0 Å². The molecular weight excluding hydrogens is 454 g/mol. The van der Waals surface area contributed by atoms with Crippen LogP contribution < -0.4 is 20.8 Å². The van der Waals surface area contributed by atoms with Gasteiger partial charge in [0.05, 0.1) is 19.6 Å². The van der Waals surface area contributed by atoms with Crippen LogP contribution in [0.2, 0.25) is 0 Å². The van der Waals surface area contributed by atoms with Gasteiger partial charge in [0.2, 0.25) is 11.7 Å². The number of carbonyl (C=O) groups excluding carboxylic acids is 5. The molecule has 4 amide bonds. The van der Waals surface area contributed by atoms with Crippen LogP contribution in [0.3, 0.4) is 0 Å². The van der Waals surface area contributed by atoms with Crippen molar-refractivity contribution in [2.75, 3.05) is 20.2 Å². The van der Waals surface area contributed by atoms with E-state index in [1.807, 2.05) is 13.8 Å². The zero-order valence-corrected chi connectivity index (χ0v) is 20.3. The summed E-state index contributed by atoms with van der Waals surface area (Å²) in [6, 6.07) is 6.02. The van der Waals surface area contributed by atoms with E-state index >= 15 is 0 Å². The molecule has 2 atom stereocenters. The average Bonchev–Trinajstić information content (AvgIpc) is 3.43. The molecule has 11 nitrogen and oxygen atoms in total. The van der Waals surface area contributed by atoms with Crippen LogP contribution in [0, 0.1) is 11.8 Å². The topological polar surface area (TPSA) is 150 Å². The van der Waals surface area contributed by atoms with Crippen LogP contribution >= 0.6 is 0 Å². The number of aromatic amines is 1. The molecule has 1 aliphatic rings. The molecule has 1 aliphatic heterocycles. The van der Waals surface area contributed by atoms with E-state index in [4.69, 9.17) is 4.74 Å². The minimum Gasteiger partial charge on any atom is -0.496 e. The summed E-state index contributed by atoms with van der Waals surface area (Å²) in [6.45, 7) is 5.19. The first kappa shape index (κ1) is 25.7. The molecule has 188 valence electrons. The highest BCUT2D eigenvalue weighted by Crippen LogP contribution is 2.26. The predicted molar refractivity (Wildman–Crippen MR) is 127 cm³/mol. The molecule has 2 heterocycles. The number of H-pyrrole nitrogens is 1. The number of hydrogen-bond donors (Lipinski definition) is 4. The lowest BCUT2D eigenvalue weighted by Gasteiger charge is -2.27. The third-order valence-electron chi connectivity index (χ3n) is 5.77. The Morgan fingerprint density at radius 3 is 2.57 bits per heavy atom. The van der Waals surface area contributed by atoms with Crippen molar-refractivity contribution in [2.45, 2.75) is 39.7 Å². The molecule has 0 bridgehead atoms. The quantitative estimate of drug-likeness (QED) is 0.306. The molecule has 0 aliphatic carbocycles. The Bertz CT molecular complexity index is 1140. The highest BCUT2D eigenvalue weighted by molar-refractivity contribution is 6.35. The van der Waals surface area contributed by atoms with Crippen molar-refractivity contribution in [1.82, 2.24) is 26.1 Å². The van der Waals surface area contributed by atoms with Gasteiger partial charge in [-0.05, 0) is 37.0 Å². The van der Waals surface area contributed by atoms with E-state index < -0.39 is 35.5 Å². The Morgan fingerprint density at radius 1 is 1.23 bits per heavy atom. The number of amides is 4. The molecule has 1 saturated heterocycles. The molecule has 2 aromatic rings. The van der Waals surface area contributed by atoms with Gasteiger partial charge in [-0.15, -0.1) is 0 Å². The summed E-state index contributed by atoms with van der Waals surface area (Å²) < 4.78 is 5.33. The monoisotopic (exact) mass is 485 g/mol. The summed E-state index contributed by atoms with van der Waals surface area (Å²) in [5, 5.41) is 6.97. The zero-order valence-electron chi connectivity index (χ0n) is 20.3. The number of methoxy groups -OCH3 is 1. The van der Waals surface area contributed by atoms with E-state index in [1.54, 1.807) is 24.3 Å². The van der Waals surface area contributed by atoms with Gasteiger partial charge in [0.25, 0.3) is 11.8 Å². The van der Waals surface area contributed by atoms with Crippen molar-refractivity contribution >= 4 is 40.3 Å². The van der Waals surface area contributed by atoms with Gasteiger partial charge in [-0.2, -0.15) is 0 Å². The van der Waals surface area contributed by atoms with Crippen LogP contribution in [0.1, 0.15) is 44.1 Å². The maximum Gasteiger partial charge on any atom is 0.308 e. The van der Waals surface area contributed by atoms with Crippen LogP contribution in [0.4, 0.5) is 0 Å². The molecule has 1 aromatic carbocycles. The number of carbonyl (C=O) groups is 5. The summed E-state index contributed by atoms with van der Waals surface area (Å²) in [6.07, 6.45) is 0.763. The molecule has 3 rings (SSSR count). The number of nitrogens with zero attached hydrogens (tertiary/aromatic N) is 1. The fourth-order valence-corrected chi connectivity index (χ4v) is 3.99. The van der Waals surface area contributed by atoms with Crippen molar-refractivity contribution in [2.24, 2.45) is 11.8 Å². The first-order valence-corrected chi connectivity index (χ1v) is 11.5. The SMILES string of the molecule is COc1cccc2[nH]c(C(=O)N[C@@H](CC(C)C)C(=O)NN(C[C@@H]3CCNC3=O)C(=O)C(C)=O)cc12.